The smallest absolute Gasteiger partial charge is 0.452 e. The van der Waals surface area contributed by atoms with E-state index in [1.165, 1.54) is 42.7 Å². The molecule has 0 aliphatic carbocycles. The number of aromatic nitrogens is 4. The lowest BCUT2D eigenvalue weighted by atomic mass is 9.70. The SMILES string of the molecule is Cc1cnc2c(c1)S(=O)(=O)N(Cc1cc([C@@H](c3ccn4c(C(F)(F)F)nnc4c3C)C(C)(C)C(=O)O)ccc1C)CC1(CCN(C(=O)OC(C)(C)C)CC1)O2. The summed E-state index contributed by atoms with van der Waals surface area (Å²) in [4.78, 5) is 31.6. The van der Waals surface area contributed by atoms with Crippen LogP contribution >= 0.6 is 0 Å². The molecule has 55 heavy (non-hydrogen) atoms. The number of pyridine rings is 2. The lowest BCUT2D eigenvalue weighted by Gasteiger charge is -2.42. The van der Waals surface area contributed by atoms with E-state index in [2.05, 4.69) is 15.2 Å². The molecule has 296 valence electrons. The normalized spacial score (nSPS) is 18.1. The number of carboxylic acid groups (broad SMARTS) is 1. The van der Waals surface area contributed by atoms with Gasteiger partial charge in [0.1, 0.15) is 16.1 Å². The number of piperidine rings is 1. The highest BCUT2D eigenvalue weighted by molar-refractivity contribution is 7.89. The molecule has 1 N–H and O–H groups in total. The Balaban J connectivity index is 1.41. The number of ether oxygens (including phenoxy) is 2. The number of likely N-dealkylation sites (tertiary alicyclic amines) is 1. The van der Waals surface area contributed by atoms with Crippen molar-refractivity contribution in [3.05, 3.63) is 81.9 Å². The highest BCUT2D eigenvalue weighted by Gasteiger charge is 2.48. The number of amides is 1. The Morgan fingerprint density at radius 2 is 1.69 bits per heavy atom. The number of benzene rings is 1. The Hall–Kier alpha value is -4.77. The summed E-state index contributed by atoms with van der Waals surface area (Å²) in [5.41, 5.74) is -0.109. The van der Waals surface area contributed by atoms with Crippen LogP contribution in [0.4, 0.5) is 18.0 Å². The van der Waals surface area contributed by atoms with Crippen LogP contribution in [0, 0.1) is 26.2 Å². The first-order valence-electron chi connectivity index (χ1n) is 17.8. The van der Waals surface area contributed by atoms with E-state index in [0.717, 1.165) is 9.96 Å². The number of alkyl halides is 3. The van der Waals surface area contributed by atoms with Crippen molar-refractivity contribution in [3.63, 3.8) is 0 Å². The van der Waals surface area contributed by atoms with Crippen LogP contribution in [0.15, 0.2) is 47.6 Å². The molecule has 1 spiro atoms. The predicted molar refractivity (Wildman–Crippen MR) is 194 cm³/mol. The summed E-state index contributed by atoms with van der Waals surface area (Å²) < 4.78 is 84.4. The maximum Gasteiger partial charge on any atom is 0.452 e. The van der Waals surface area contributed by atoms with Gasteiger partial charge in [-0.15, -0.1) is 10.2 Å². The number of nitrogens with zero attached hydrogens (tertiary/aromatic N) is 6. The first kappa shape index (κ1) is 39.9. The third-order valence-corrected chi connectivity index (χ3v) is 12.2. The fourth-order valence-corrected chi connectivity index (χ4v) is 8.98. The van der Waals surface area contributed by atoms with Crippen molar-refractivity contribution in [2.75, 3.05) is 19.6 Å². The zero-order valence-corrected chi connectivity index (χ0v) is 32.8. The number of carboxylic acids is 1. The number of halogens is 3. The number of fused-ring (bicyclic) bond motifs is 2. The zero-order valence-electron chi connectivity index (χ0n) is 32.0. The average Bonchev–Trinajstić information content (AvgIpc) is 3.50. The molecule has 6 rings (SSSR count). The molecule has 1 saturated heterocycles. The van der Waals surface area contributed by atoms with Crippen molar-refractivity contribution in [2.24, 2.45) is 5.41 Å². The lowest BCUT2D eigenvalue weighted by Crippen LogP contribution is -2.55. The standard InChI is InChI=1S/C38H45F3N6O7S/c1-22-17-28-31(42-19-22)53-37(12-15-45(16-13-37)34(50)54-35(4,5)6)21-46(55(28,51)52)20-26-18-25(10-9-23(26)2)29(36(7,8)33(48)49)27-11-14-47-30(24(27)3)43-44-32(47)38(39,40)41/h9-11,14,17-19,29H,12-13,15-16,20-21H2,1-8H3,(H,48,49)/t29-/m0/s1. The van der Waals surface area contributed by atoms with Crippen molar-refractivity contribution in [2.45, 2.75) is 103 Å². The average molecular weight is 787 g/mol. The number of hydrogen-bond acceptors (Lipinski definition) is 9. The summed E-state index contributed by atoms with van der Waals surface area (Å²) in [6.45, 7) is 13.9. The van der Waals surface area contributed by atoms with Crippen molar-refractivity contribution >= 4 is 27.7 Å². The van der Waals surface area contributed by atoms with Gasteiger partial charge in [0, 0.05) is 50.8 Å². The molecule has 1 fully saturated rings. The van der Waals surface area contributed by atoms with E-state index < -0.39 is 56.6 Å². The topological polar surface area (TPSA) is 157 Å². The van der Waals surface area contributed by atoms with Crippen LogP contribution in [-0.4, -0.2) is 85.2 Å². The highest BCUT2D eigenvalue weighted by Crippen LogP contribution is 2.45. The fourth-order valence-electron chi connectivity index (χ4n) is 7.34. The van der Waals surface area contributed by atoms with Gasteiger partial charge in [0.25, 0.3) is 0 Å². The van der Waals surface area contributed by atoms with Crippen LogP contribution in [0.5, 0.6) is 5.88 Å². The third-order valence-electron chi connectivity index (χ3n) is 10.4. The minimum absolute atomic E-state index is 0.0272. The molecule has 1 amide bonds. The van der Waals surface area contributed by atoms with Crippen LogP contribution in [0.2, 0.25) is 0 Å². The van der Waals surface area contributed by atoms with Gasteiger partial charge in [0.05, 0.1) is 12.0 Å². The number of carbonyl (C=O) groups is 2. The molecule has 5 heterocycles. The number of carbonyl (C=O) groups excluding carboxylic acids is 1. The number of aliphatic carboxylic acids is 1. The first-order chi connectivity index (χ1) is 25.4. The molecule has 0 unspecified atom stereocenters. The molecule has 13 nitrogen and oxygen atoms in total. The van der Waals surface area contributed by atoms with E-state index in [0.29, 0.717) is 40.7 Å². The quantitative estimate of drug-likeness (QED) is 0.224. The lowest BCUT2D eigenvalue weighted by molar-refractivity contribution is -0.147. The molecule has 0 bridgehead atoms. The Labute approximate surface area is 317 Å². The zero-order chi connectivity index (χ0) is 40.5. The maximum absolute atomic E-state index is 14.5. The maximum atomic E-state index is 14.5. The monoisotopic (exact) mass is 786 g/mol. The number of rotatable bonds is 6. The predicted octanol–water partition coefficient (Wildman–Crippen LogP) is 6.66. The minimum Gasteiger partial charge on any atom is -0.481 e. The van der Waals surface area contributed by atoms with E-state index in [1.807, 2.05) is 6.92 Å². The van der Waals surface area contributed by atoms with E-state index in [-0.39, 0.29) is 42.6 Å². The summed E-state index contributed by atoms with van der Waals surface area (Å²) >= 11 is 0. The van der Waals surface area contributed by atoms with Gasteiger partial charge in [-0.2, -0.15) is 17.5 Å². The second kappa shape index (κ2) is 13.8. The molecular weight excluding hydrogens is 742 g/mol. The summed E-state index contributed by atoms with van der Waals surface area (Å²) in [6, 6.07) is 8.25. The molecule has 4 aromatic rings. The van der Waals surface area contributed by atoms with Gasteiger partial charge in [-0.25, -0.2) is 18.2 Å². The largest absolute Gasteiger partial charge is 0.481 e. The van der Waals surface area contributed by atoms with Gasteiger partial charge < -0.3 is 19.5 Å². The van der Waals surface area contributed by atoms with Gasteiger partial charge in [-0.05, 0) is 101 Å². The second-order valence-electron chi connectivity index (χ2n) is 16.1. The molecule has 3 aromatic heterocycles. The minimum atomic E-state index is -4.76. The van der Waals surface area contributed by atoms with Crippen LogP contribution in [0.1, 0.15) is 92.6 Å². The Morgan fingerprint density at radius 1 is 1.02 bits per heavy atom. The third kappa shape index (κ3) is 7.60. The Bertz CT molecular complexity index is 2280. The van der Waals surface area contributed by atoms with Crippen molar-refractivity contribution < 1.29 is 45.8 Å². The molecule has 1 aromatic carbocycles. The molecule has 0 saturated carbocycles. The molecular formula is C38H45F3N6O7S. The highest BCUT2D eigenvalue weighted by atomic mass is 32.2. The number of sulfonamides is 1. The van der Waals surface area contributed by atoms with Gasteiger partial charge in [-0.1, -0.05) is 18.2 Å². The van der Waals surface area contributed by atoms with Crippen LogP contribution in [-0.2, 0) is 32.3 Å². The first-order valence-corrected chi connectivity index (χ1v) is 19.3. The van der Waals surface area contributed by atoms with Crippen LogP contribution in [0.25, 0.3) is 5.65 Å². The van der Waals surface area contributed by atoms with Crippen molar-refractivity contribution in [1.29, 1.82) is 0 Å². The van der Waals surface area contributed by atoms with E-state index in [9.17, 15) is 36.3 Å². The molecule has 0 radical (unpaired) electrons. The second-order valence-corrected chi connectivity index (χ2v) is 18.0. The summed E-state index contributed by atoms with van der Waals surface area (Å²) in [5, 5.41) is 17.6. The van der Waals surface area contributed by atoms with Crippen LogP contribution < -0.4 is 4.74 Å². The molecule has 2 aliphatic heterocycles. The van der Waals surface area contributed by atoms with E-state index >= 15 is 0 Å². The summed E-state index contributed by atoms with van der Waals surface area (Å²) in [7, 11) is -4.22. The van der Waals surface area contributed by atoms with Gasteiger partial charge in [-0.3, -0.25) is 9.20 Å². The molecule has 1 atom stereocenters. The van der Waals surface area contributed by atoms with Gasteiger partial charge in [0.2, 0.25) is 21.7 Å². The van der Waals surface area contributed by atoms with Crippen molar-refractivity contribution in [3.8, 4) is 5.88 Å². The summed E-state index contributed by atoms with van der Waals surface area (Å²) in [6.07, 6.45) is -1.93. The number of hydrogen-bond donors (Lipinski definition) is 1. The fraction of sp³-hybridized carbons (Fsp3) is 0.500. The van der Waals surface area contributed by atoms with E-state index in [1.54, 1.807) is 57.7 Å². The molecule has 17 heteroatoms. The van der Waals surface area contributed by atoms with Gasteiger partial charge >= 0.3 is 18.2 Å². The van der Waals surface area contributed by atoms with Crippen molar-refractivity contribution in [1.82, 2.24) is 28.8 Å². The molecule has 2 aliphatic rings. The Morgan fingerprint density at radius 3 is 2.31 bits per heavy atom. The van der Waals surface area contributed by atoms with Gasteiger partial charge in [0.15, 0.2) is 5.65 Å². The Kier molecular flexibility index (Phi) is 9.98. The van der Waals surface area contributed by atoms with E-state index in [4.69, 9.17) is 9.47 Å². The summed E-state index contributed by atoms with van der Waals surface area (Å²) in [5.74, 6) is -3.28. The number of aryl methyl sites for hydroxylation is 3. The van der Waals surface area contributed by atoms with Crippen LogP contribution in [0.3, 0.4) is 0 Å².